The molecule has 4 rings (SSSR count). The lowest BCUT2D eigenvalue weighted by Gasteiger charge is -2.15. The summed E-state index contributed by atoms with van der Waals surface area (Å²) in [6, 6.07) is 14.2. The van der Waals surface area contributed by atoms with Crippen molar-refractivity contribution in [3.63, 3.8) is 0 Å². The second-order valence-corrected chi connectivity index (χ2v) is 7.00. The predicted molar refractivity (Wildman–Crippen MR) is 118 cm³/mol. The minimum atomic E-state index is -0.281. The molecule has 152 valence electrons. The monoisotopic (exact) mass is 402 g/mol. The van der Waals surface area contributed by atoms with Crippen molar-refractivity contribution >= 4 is 16.7 Å². The third-order valence-corrected chi connectivity index (χ3v) is 4.89. The number of anilines is 1. The molecule has 0 saturated carbocycles. The molecule has 0 radical (unpaired) electrons. The zero-order chi connectivity index (χ0) is 20.9. The van der Waals surface area contributed by atoms with Crippen molar-refractivity contribution in [1.82, 2.24) is 15.0 Å². The molecule has 0 unspecified atom stereocenters. The standard InChI is InChI=1S/C24H23FN4O/c1-3-4-11-27-24-20-13-18(16-7-5-9-19(25)12-16)14-21(30-2)22(20)28-23(29-24)17-8-6-10-26-15-17/h5-10,12-15H,3-4,11H2,1-2H3,(H,27,28,29). The fourth-order valence-electron chi connectivity index (χ4n) is 3.33. The summed E-state index contributed by atoms with van der Waals surface area (Å²) in [6.07, 6.45) is 5.55. The molecule has 1 N–H and O–H groups in total. The molecule has 6 heteroatoms. The highest BCUT2D eigenvalue weighted by atomic mass is 19.1. The lowest BCUT2D eigenvalue weighted by molar-refractivity contribution is 0.419. The first-order chi connectivity index (χ1) is 14.7. The Morgan fingerprint density at radius 3 is 2.60 bits per heavy atom. The Labute approximate surface area is 175 Å². The minimum Gasteiger partial charge on any atom is -0.494 e. The van der Waals surface area contributed by atoms with Gasteiger partial charge in [-0.15, -0.1) is 0 Å². The smallest absolute Gasteiger partial charge is 0.163 e. The van der Waals surface area contributed by atoms with Crippen LogP contribution in [0.15, 0.2) is 60.9 Å². The van der Waals surface area contributed by atoms with E-state index in [2.05, 4.69) is 17.2 Å². The lowest BCUT2D eigenvalue weighted by atomic mass is 10.0. The van der Waals surface area contributed by atoms with Gasteiger partial charge in [0.15, 0.2) is 5.82 Å². The third kappa shape index (κ3) is 4.08. The molecule has 0 amide bonds. The largest absolute Gasteiger partial charge is 0.494 e. The van der Waals surface area contributed by atoms with E-state index in [1.54, 1.807) is 25.6 Å². The van der Waals surface area contributed by atoms with Crippen molar-refractivity contribution in [2.45, 2.75) is 19.8 Å². The molecule has 0 spiro atoms. The maximum atomic E-state index is 13.8. The van der Waals surface area contributed by atoms with Crippen molar-refractivity contribution in [3.8, 4) is 28.3 Å². The Kier molecular flexibility index (Phi) is 5.84. The fraction of sp³-hybridized carbons (Fsp3) is 0.208. The number of hydrogen-bond acceptors (Lipinski definition) is 5. The van der Waals surface area contributed by atoms with Gasteiger partial charge in [-0.3, -0.25) is 4.98 Å². The number of aromatic nitrogens is 3. The van der Waals surface area contributed by atoms with E-state index in [0.717, 1.165) is 47.3 Å². The zero-order valence-corrected chi connectivity index (χ0v) is 17.0. The molecule has 2 heterocycles. The number of benzene rings is 2. The van der Waals surface area contributed by atoms with Gasteiger partial charge in [0, 0.05) is 29.9 Å². The molecule has 0 aliphatic rings. The maximum Gasteiger partial charge on any atom is 0.163 e. The van der Waals surface area contributed by atoms with E-state index < -0.39 is 0 Å². The maximum absolute atomic E-state index is 13.8. The van der Waals surface area contributed by atoms with Crippen molar-refractivity contribution in [2.24, 2.45) is 0 Å². The summed E-state index contributed by atoms with van der Waals surface area (Å²) in [5.74, 6) is 1.63. The number of rotatable bonds is 7. The number of nitrogens with zero attached hydrogens (tertiary/aromatic N) is 3. The van der Waals surface area contributed by atoms with Gasteiger partial charge in [0.05, 0.1) is 7.11 Å². The number of halogens is 1. The van der Waals surface area contributed by atoms with Crippen molar-refractivity contribution in [2.75, 3.05) is 19.0 Å². The van der Waals surface area contributed by atoms with Crippen LogP contribution in [0.25, 0.3) is 33.4 Å². The molecule has 30 heavy (non-hydrogen) atoms. The molecule has 5 nitrogen and oxygen atoms in total. The SMILES string of the molecule is CCCCNc1nc(-c2cccnc2)nc2c(OC)cc(-c3cccc(F)c3)cc12. The van der Waals surface area contributed by atoms with Gasteiger partial charge in [-0.1, -0.05) is 25.5 Å². The first-order valence-corrected chi connectivity index (χ1v) is 9.99. The number of fused-ring (bicyclic) bond motifs is 1. The van der Waals surface area contributed by atoms with Crippen LogP contribution in [-0.4, -0.2) is 28.6 Å². The summed E-state index contributed by atoms with van der Waals surface area (Å²) >= 11 is 0. The van der Waals surface area contributed by atoms with E-state index >= 15 is 0 Å². The predicted octanol–water partition coefficient (Wildman–Crippen LogP) is 5.72. The van der Waals surface area contributed by atoms with Crippen LogP contribution in [-0.2, 0) is 0 Å². The summed E-state index contributed by atoms with van der Waals surface area (Å²) in [7, 11) is 1.61. The number of nitrogens with one attached hydrogen (secondary N) is 1. The molecule has 0 saturated heterocycles. The summed E-state index contributed by atoms with van der Waals surface area (Å²) in [6.45, 7) is 2.94. The van der Waals surface area contributed by atoms with E-state index in [4.69, 9.17) is 14.7 Å². The summed E-state index contributed by atoms with van der Waals surface area (Å²) in [4.78, 5) is 13.7. The Hall–Kier alpha value is -3.54. The summed E-state index contributed by atoms with van der Waals surface area (Å²) < 4.78 is 19.5. The Morgan fingerprint density at radius 2 is 1.87 bits per heavy atom. The van der Waals surface area contributed by atoms with Gasteiger partial charge in [-0.05, 0) is 53.9 Å². The normalized spacial score (nSPS) is 10.9. The van der Waals surface area contributed by atoms with Crippen molar-refractivity contribution in [3.05, 3.63) is 66.7 Å². The van der Waals surface area contributed by atoms with Gasteiger partial charge < -0.3 is 10.1 Å². The molecule has 2 aromatic heterocycles. The minimum absolute atomic E-state index is 0.281. The molecule has 0 aliphatic carbocycles. The van der Waals surface area contributed by atoms with Crippen LogP contribution in [0.1, 0.15) is 19.8 Å². The molecular formula is C24H23FN4O. The number of hydrogen-bond donors (Lipinski definition) is 1. The highest BCUT2D eigenvalue weighted by Gasteiger charge is 2.15. The number of unbranched alkanes of at least 4 members (excludes halogenated alkanes) is 1. The van der Waals surface area contributed by atoms with Crippen LogP contribution >= 0.6 is 0 Å². The molecule has 0 bridgehead atoms. The molecule has 2 aromatic carbocycles. The zero-order valence-electron chi connectivity index (χ0n) is 17.0. The Balaban J connectivity index is 1.93. The van der Waals surface area contributed by atoms with Crippen LogP contribution < -0.4 is 10.1 Å². The third-order valence-electron chi connectivity index (χ3n) is 4.89. The van der Waals surface area contributed by atoms with Crippen LogP contribution in [0.4, 0.5) is 10.2 Å². The molecular weight excluding hydrogens is 379 g/mol. The van der Waals surface area contributed by atoms with E-state index in [0.29, 0.717) is 17.1 Å². The van der Waals surface area contributed by atoms with Crippen molar-refractivity contribution in [1.29, 1.82) is 0 Å². The molecule has 0 fully saturated rings. The average Bonchev–Trinajstić information content (AvgIpc) is 2.79. The van der Waals surface area contributed by atoms with Crippen LogP contribution in [0, 0.1) is 5.82 Å². The second kappa shape index (κ2) is 8.86. The lowest BCUT2D eigenvalue weighted by Crippen LogP contribution is -2.06. The molecule has 0 atom stereocenters. The van der Waals surface area contributed by atoms with Crippen molar-refractivity contribution < 1.29 is 9.13 Å². The van der Waals surface area contributed by atoms with E-state index in [9.17, 15) is 4.39 Å². The number of ether oxygens (including phenoxy) is 1. The van der Waals surface area contributed by atoms with Gasteiger partial charge in [-0.2, -0.15) is 0 Å². The van der Waals surface area contributed by atoms with Crippen LogP contribution in [0.2, 0.25) is 0 Å². The van der Waals surface area contributed by atoms with Gasteiger partial charge >= 0.3 is 0 Å². The topological polar surface area (TPSA) is 59.9 Å². The van der Waals surface area contributed by atoms with E-state index in [1.165, 1.54) is 12.1 Å². The average molecular weight is 402 g/mol. The molecule has 4 aromatic rings. The first-order valence-electron chi connectivity index (χ1n) is 9.99. The van der Waals surface area contributed by atoms with Gasteiger partial charge in [0.2, 0.25) is 0 Å². The molecule has 0 aliphatic heterocycles. The number of pyridine rings is 1. The highest BCUT2D eigenvalue weighted by Crippen LogP contribution is 2.36. The van der Waals surface area contributed by atoms with Gasteiger partial charge in [0.1, 0.15) is 22.9 Å². The summed E-state index contributed by atoms with van der Waals surface area (Å²) in [5.41, 5.74) is 3.14. The Morgan fingerprint density at radius 1 is 1.00 bits per heavy atom. The van der Waals surface area contributed by atoms with Crippen LogP contribution in [0.5, 0.6) is 5.75 Å². The number of methoxy groups -OCH3 is 1. The van der Waals surface area contributed by atoms with E-state index in [-0.39, 0.29) is 5.82 Å². The quantitative estimate of drug-likeness (QED) is 0.401. The first kappa shape index (κ1) is 19.8. The second-order valence-electron chi connectivity index (χ2n) is 7.00. The highest BCUT2D eigenvalue weighted by molar-refractivity contribution is 5.97. The van der Waals surface area contributed by atoms with E-state index in [1.807, 2.05) is 30.3 Å². The Bertz CT molecular complexity index is 1160. The van der Waals surface area contributed by atoms with Crippen LogP contribution in [0.3, 0.4) is 0 Å². The van der Waals surface area contributed by atoms with Gasteiger partial charge in [0.25, 0.3) is 0 Å². The fourth-order valence-corrected chi connectivity index (χ4v) is 3.33. The summed E-state index contributed by atoms with van der Waals surface area (Å²) in [5, 5.41) is 4.27. The van der Waals surface area contributed by atoms with Gasteiger partial charge in [-0.25, -0.2) is 14.4 Å².